The molecule has 2 aromatic carbocycles. The number of aromatic nitrogens is 2. The number of anilines is 2. The molecule has 7 nitrogen and oxygen atoms in total. The number of fused-ring (bicyclic) bond motifs is 1. The van der Waals surface area contributed by atoms with Crippen LogP contribution in [0.4, 0.5) is 11.6 Å². The molecule has 0 bridgehead atoms. The number of hydrogen-bond donors (Lipinski definition) is 1. The van der Waals surface area contributed by atoms with Crippen LogP contribution >= 0.6 is 11.6 Å². The van der Waals surface area contributed by atoms with Gasteiger partial charge in [0.05, 0.1) is 30.1 Å². The van der Waals surface area contributed by atoms with Crippen molar-refractivity contribution >= 4 is 29.1 Å². The molecule has 1 amide bonds. The number of nitrogens with zero attached hydrogens (tertiary/aromatic N) is 3. The van der Waals surface area contributed by atoms with Crippen LogP contribution in [0.3, 0.4) is 0 Å². The van der Waals surface area contributed by atoms with Gasteiger partial charge in [0.1, 0.15) is 0 Å². The van der Waals surface area contributed by atoms with Gasteiger partial charge in [-0.25, -0.2) is 9.97 Å². The molecule has 8 heteroatoms. The summed E-state index contributed by atoms with van der Waals surface area (Å²) in [6.45, 7) is 5.14. The van der Waals surface area contributed by atoms with E-state index in [0.29, 0.717) is 42.0 Å². The lowest BCUT2D eigenvalue weighted by Gasteiger charge is -2.23. The van der Waals surface area contributed by atoms with Crippen LogP contribution in [0.5, 0.6) is 0 Å². The van der Waals surface area contributed by atoms with E-state index < -0.39 is 0 Å². The predicted octanol–water partition coefficient (Wildman–Crippen LogP) is 5.08. The van der Waals surface area contributed by atoms with Crippen molar-refractivity contribution in [1.29, 1.82) is 0 Å². The summed E-state index contributed by atoms with van der Waals surface area (Å²) in [5.74, 6) is 0.502. The average molecular weight is 479 g/mol. The van der Waals surface area contributed by atoms with Gasteiger partial charge in [-0.05, 0) is 49.1 Å². The van der Waals surface area contributed by atoms with E-state index in [-0.39, 0.29) is 11.9 Å². The van der Waals surface area contributed by atoms with Gasteiger partial charge in [0.15, 0.2) is 0 Å². The molecule has 1 fully saturated rings. The highest BCUT2D eigenvalue weighted by Crippen LogP contribution is 2.34. The van der Waals surface area contributed by atoms with Crippen LogP contribution in [0.25, 0.3) is 11.3 Å². The van der Waals surface area contributed by atoms with Gasteiger partial charge in [-0.3, -0.25) is 4.79 Å². The first-order valence-corrected chi connectivity index (χ1v) is 12.0. The van der Waals surface area contributed by atoms with Crippen LogP contribution < -0.4 is 10.2 Å². The molecule has 3 heterocycles. The van der Waals surface area contributed by atoms with E-state index in [2.05, 4.69) is 15.3 Å². The molecule has 0 aliphatic carbocycles. The molecule has 3 aromatic rings. The highest BCUT2D eigenvalue weighted by Gasteiger charge is 2.29. The Balaban J connectivity index is 1.39. The lowest BCUT2D eigenvalue weighted by atomic mass is 10.0. The second-order valence-electron chi connectivity index (χ2n) is 8.49. The molecular formula is C26H27ClN4O3. The number of amides is 1. The Bertz CT molecular complexity index is 1200. The van der Waals surface area contributed by atoms with E-state index in [1.54, 1.807) is 11.1 Å². The summed E-state index contributed by atoms with van der Waals surface area (Å²) in [4.78, 5) is 24.1. The van der Waals surface area contributed by atoms with Crippen molar-refractivity contribution in [1.82, 2.24) is 9.97 Å². The molecule has 1 aromatic heterocycles. The van der Waals surface area contributed by atoms with Crippen molar-refractivity contribution in [2.24, 2.45) is 0 Å². The molecule has 2 aliphatic rings. The monoisotopic (exact) mass is 478 g/mol. The minimum absolute atomic E-state index is 0.0313. The molecule has 1 saturated heterocycles. The molecule has 0 spiro atoms. The molecule has 0 unspecified atom stereocenters. The maximum Gasteiger partial charge on any atom is 0.258 e. The van der Waals surface area contributed by atoms with E-state index in [9.17, 15) is 4.79 Å². The van der Waals surface area contributed by atoms with Crippen molar-refractivity contribution in [3.8, 4) is 11.3 Å². The van der Waals surface area contributed by atoms with Crippen LogP contribution in [-0.4, -0.2) is 41.7 Å². The topological polar surface area (TPSA) is 76.6 Å². The molecule has 34 heavy (non-hydrogen) atoms. The Hall–Kier alpha value is -3.00. The molecule has 5 rings (SSSR count). The number of benzene rings is 2. The second kappa shape index (κ2) is 10.1. The van der Waals surface area contributed by atoms with Crippen molar-refractivity contribution in [3.05, 3.63) is 70.4 Å². The Kier molecular flexibility index (Phi) is 6.76. The number of ether oxygens (including phenoxy) is 2. The fourth-order valence-electron chi connectivity index (χ4n) is 4.35. The molecule has 176 valence electrons. The minimum atomic E-state index is -0.0313. The molecule has 0 radical (unpaired) electrons. The molecule has 1 N–H and O–H groups in total. The summed E-state index contributed by atoms with van der Waals surface area (Å²) >= 11 is 6.46. The normalized spacial score (nSPS) is 16.1. The van der Waals surface area contributed by atoms with Crippen molar-refractivity contribution in [2.75, 3.05) is 30.0 Å². The minimum Gasteiger partial charge on any atom is -0.381 e. The van der Waals surface area contributed by atoms with E-state index in [4.69, 9.17) is 21.1 Å². The van der Waals surface area contributed by atoms with Gasteiger partial charge in [-0.15, -0.1) is 0 Å². The Labute approximate surface area is 204 Å². The standard InChI is InChI=1S/C26H27ClN4O3/c1-2-33-16-17-4-3-5-21(12-17)31-15-19-7-6-18(13-22(19)25(31)32)24-23(27)14-28-26(30-24)29-20-8-10-34-11-9-20/h3-7,12-14,20H,2,8-11,15-16H2,1H3,(H,28,29,30). The maximum atomic E-state index is 13.3. The van der Waals surface area contributed by atoms with Gasteiger partial charge in [0.2, 0.25) is 5.95 Å². The number of carbonyl (C=O) groups is 1. The third-order valence-corrected chi connectivity index (χ3v) is 6.46. The number of carbonyl (C=O) groups excluding carboxylic acids is 1. The van der Waals surface area contributed by atoms with Crippen molar-refractivity contribution in [2.45, 2.75) is 39.0 Å². The van der Waals surface area contributed by atoms with Gasteiger partial charge < -0.3 is 19.7 Å². The van der Waals surface area contributed by atoms with Crippen LogP contribution in [0, 0.1) is 0 Å². The van der Waals surface area contributed by atoms with E-state index in [1.165, 1.54) is 0 Å². The van der Waals surface area contributed by atoms with E-state index >= 15 is 0 Å². The smallest absolute Gasteiger partial charge is 0.258 e. The highest BCUT2D eigenvalue weighted by atomic mass is 35.5. The third-order valence-electron chi connectivity index (χ3n) is 6.18. The van der Waals surface area contributed by atoms with Crippen LogP contribution in [0.2, 0.25) is 5.02 Å². The Morgan fingerprint density at radius 1 is 1.21 bits per heavy atom. The first kappa shape index (κ1) is 22.8. The molecular weight excluding hydrogens is 452 g/mol. The summed E-state index contributed by atoms with van der Waals surface area (Å²) in [6, 6.07) is 14.0. The largest absolute Gasteiger partial charge is 0.381 e. The number of halogens is 1. The molecule has 0 atom stereocenters. The summed E-state index contributed by atoms with van der Waals surface area (Å²) < 4.78 is 10.9. The highest BCUT2D eigenvalue weighted by molar-refractivity contribution is 6.33. The zero-order valence-corrected chi connectivity index (χ0v) is 19.8. The first-order valence-electron chi connectivity index (χ1n) is 11.6. The third kappa shape index (κ3) is 4.78. The van der Waals surface area contributed by atoms with Crippen LogP contribution in [0.1, 0.15) is 41.3 Å². The Morgan fingerprint density at radius 3 is 2.88 bits per heavy atom. The SMILES string of the molecule is CCOCc1cccc(N2Cc3ccc(-c4nc(NC5CCOCC5)ncc4Cl)cc3C2=O)c1. The summed E-state index contributed by atoms with van der Waals surface area (Å²) in [7, 11) is 0. The number of nitrogens with one attached hydrogen (secondary N) is 1. The fourth-order valence-corrected chi connectivity index (χ4v) is 4.55. The van der Waals surface area contributed by atoms with E-state index in [1.807, 2.05) is 49.4 Å². The van der Waals surface area contributed by atoms with Gasteiger partial charge >= 0.3 is 0 Å². The van der Waals surface area contributed by atoms with Crippen LogP contribution in [-0.2, 0) is 22.6 Å². The summed E-state index contributed by atoms with van der Waals surface area (Å²) in [5, 5.41) is 3.83. The van der Waals surface area contributed by atoms with Crippen molar-refractivity contribution in [3.63, 3.8) is 0 Å². The molecule has 2 aliphatic heterocycles. The van der Waals surface area contributed by atoms with Crippen LogP contribution in [0.15, 0.2) is 48.7 Å². The van der Waals surface area contributed by atoms with Gasteiger partial charge in [0, 0.05) is 42.7 Å². The number of hydrogen-bond acceptors (Lipinski definition) is 6. The van der Waals surface area contributed by atoms with Gasteiger partial charge in [-0.1, -0.05) is 35.9 Å². The second-order valence-corrected chi connectivity index (χ2v) is 8.90. The summed E-state index contributed by atoms with van der Waals surface area (Å²) in [5.41, 5.74) is 4.96. The van der Waals surface area contributed by atoms with Gasteiger partial charge in [0.25, 0.3) is 5.91 Å². The van der Waals surface area contributed by atoms with Crippen molar-refractivity contribution < 1.29 is 14.3 Å². The Morgan fingerprint density at radius 2 is 2.06 bits per heavy atom. The molecule has 0 saturated carbocycles. The van der Waals surface area contributed by atoms with Gasteiger partial charge in [-0.2, -0.15) is 0 Å². The lowest BCUT2D eigenvalue weighted by Crippen LogP contribution is -2.28. The zero-order chi connectivity index (χ0) is 23.5. The quantitative estimate of drug-likeness (QED) is 0.510. The average Bonchev–Trinajstić information content (AvgIpc) is 3.20. The number of rotatable bonds is 7. The lowest BCUT2D eigenvalue weighted by molar-refractivity contribution is 0.0903. The predicted molar refractivity (Wildman–Crippen MR) is 132 cm³/mol. The zero-order valence-electron chi connectivity index (χ0n) is 19.1. The van der Waals surface area contributed by atoms with E-state index in [0.717, 1.165) is 48.4 Å². The summed E-state index contributed by atoms with van der Waals surface area (Å²) in [6.07, 6.45) is 3.43. The first-order chi connectivity index (χ1) is 16.6. The fraction of sp³-hybridized carbons (Fsp3) is 0.346. The maximum absolute atomic E-state index is 13.3.